The number of pyridine rings is 1. The van der Waals surface area contributed by atoms with Crippen molar-refractivity contribution < 1.29 is 36.3 Å². The zero-order valence-corrected chi connectivity index (χ0v) is 20.5. The number of aromatic nitrogens is 1. The van der Waals surface area contributed by atoms with Crippen LogP contribution in [0, 0.1) is 5.92 Å². The lowest BCUT2D eigenvalue weighted by Crippen LogP contribution is -2.77. The van der Waals surface area contributed by atoms with E-state index < -0.39 is 21.8 Å². The van der Waals surface area contributed by atoms with E-state index in [1.165, 1.54) is 19.1 Å². The lowest BCUT2D eigenvalue weighted by molar-refractivity contribution is -0.236. The summed E-state index contributed by atoms with van der Waals surface area (Å²) in [6.45, 7) is 1.81. The van der Waals surface area contributed by atoms with Crippen molar-refractivity contribution in [3.05, 3.63) is 24.0 Å². The van der Waals surface area contributed by atoms with Crippen LogP contribution in [0.3, 0.4) is 0 Å². The highest BCUT2D eigenvalue weighted by Gasteiger charge is 2.62. The Labute approximate surface area is 195 Å². The van der Waals surface area contributed by atoms with Gasteiger partial charge >= 0.3 is 0 Å². The van der Waals surface area contributed by atoms with Crippen LogP contribution in [-0.4, -0.2) is 82.6 Å². The first-order valence-corrected chi connectivity index (χ1v) is 12.9. The Morgan fingerprint density at radius 1 is 1.18 bits per heavy atom. The Balaban J connectivity index is 1.80. The molecule has 1 aromatic rings. The molecule has 11 heteroatoms. The van der Waals surface area contributed by atoms with E-state index in [1.54, 1.807) is 18.3 Å². The molecule has 1 saturated heterocycles. The maximum absolute atomic E-state index is 13.2. The minimum Gasteiger partial charge on any atom is -0.490 e. The number of methoxy groups -OCH3 is 2. The Bertz CT molecular complexity index is 903. The number of likely N-dealkylation sites (tertiary alicyclic amines) is 1. The van der Waals surface area contributed by atoms with Gasteiger partial charge in [0.1, 0.15) is 19.3 Å². The van der Waals surface area contributed by atoms with E-state index in [4.69, 9.17) is 23.1 Å². The predicted octanol–water partition coefficient (Wildman–Crippen LogP) is 1.73. The Hall–Kier alpha value is -1.79. The third kappa shape index (κ3) is 6.42. The molecule has 2 atom stereocenters. The molecule has 3 rings (SSSR count). The van der Waals surface area contributed by atoms with Crippen molar-refractivity contribution in [1.29, 1.82) is 0 Å². The summed E-state index contributed by atoms with van der Waals surface area (Å²) in [5.41, 5.74) is -0.812. The van der Waals surface area contributed by atoms with Crippen molar-refractivity contribution in [3.8, 4) is 5.75 Å². The molecule has 10 nitrogen and oxygen atoms in total. The minimum absolute atomic E-state index is 0.0224. The Morgan fingerprint density at radius 2 is 1.91 bits per heavy atom. The summed E-state index contributed by atoms with van der Waals surface area (Å²) in [7, 11) is -0.825. The molecule has 2 aliphatic rings. The van der Waals surface area contributed by atoms with Gasteiger partial charge in [-0.3, -0.25) is 14.0 Å². The van der Waals surface area contributed by atoms with Gasteiger partial charge in [0.05, 0.1) is 25.0 Å². The lowest BCUT2D eigenvalue weighted by Gasteiger charge is -2.54. The van der Waals surface area contributed by atoms with Crippen molar-refractivity contribution in [2.45, 2.75) is 56.8 Å². The second kappa shape index (κ2) is 11.1. The second-order valence-electron chi connectivity index (χ2n) is 8.80. The molecule has 0 radical (unpaired) electrons. The third-order valence-electron chi connectivity index (χ3n) is 6.18. The van der Waals surface area contributed by atoms with Gasteiger partial charge in [-0.15, -0.1) is 0 Å². The number of carbonyl (C=O) groups is 1. The fourth-order valence-corrected chi connectivity index (χ4v) is 4.79. The van der Waals surface area contributed by atoms with E-state index in [1.807, 2.05) is 0 Å². The largest absolute Gasteiger partial charge is 0.490 e. The molecule has 0 unspecified atom stereocenters. The van der Waals surface area contributed by atoms with Crippen molar-refractivity contribution >= 4 is 16.0 Å². The van der Waals surface area contributed by atoms with Gasteiger partial charge in [0, 0.05) is 38.6 Å². The van der Waals surface area contributed by atoms with Crippen molar-refractivity contribution in [1.82, 2.24) is 9.88 Å². The highest BCUT2D eigenvalue weighted by Crippen LogP contribution is 2.38. The van der Waals surface area contributed by atoms with E-state index >= 15 is 0 Å². The minimum atomic E-state index is -3.72. The standard InChI is InChI=1S/C22H34N2O8S/c1-16-5-7-18(8-6-16)32-19-9-10-23-17(11-19)12-22(30-15-29-3)20(13-31-33(4,26)27)24(14-28-2)21(22)25/h9-11,16,18,20H,5-8,12-15H2,1-4H3/t16-,18-,20-,22+/m0/s1. The molecular weight excluding hydrogens is 452 g/mol. The van der Waals surface area contributed by atoms with Crippen LogP contribution >= 0.6 is 0 Å². The van der Waals surface area contributed by atoms with E-state index in [0.717, 1.165) is 37.9 Å². The molecule has 0 aromatic carbocycles. The summed E-state index contributed by atoms with van der Waals surface area (Å²) in [6, 6.07) is 2.89. The molecule has 0 bridgehead atoms. The molecule has 1 aliphatic heterocycles. The zero-order chi connectivity index (χ0) is 24.1. The van der Waals surface area contributed by atoms with Crippen LogP contribution < -0.4 is 4.74 Å². The average molecular weight is 487 g/mol. The Kier molecular flexibility index (Phi) is 8.68. The molecule has 186 valence electrons. The molecule has 1 amide bonds. The first kappa shape index (κ1) is 25.8. The van der Waals surface area contributed by atoms with Crippen LogP contribution in [0.1, 0.15) is 38.3 Å². The summed E-state index contributed by atoms with van der Waals surface area (Å²) in [6.07, 6.45) is 7.16. The van der Waals surface area contributed by atoms with Crippen LogP contribution in [0.15, 0.2) is 18.3 Å². The maximum atomic E-state index is 13.2. The Morgan fingerprint density at radius 3 is 2.55 bits per heavy atom. The van der Waals surface area contributed by atoms with Crippen LogP contribution in [-0.2, 0) is 39.7 Å². The number of hydrogen-bond donors (Lipinski definition) is 0. The maximum Gasteiger partial charge on any atom is 0.264 e. The summed E-state index contributed by atoms with van der Waals surface area (Å²) in [5, 5.41) is 0. The van der Waals surface area contributed by atoms with E-state index in [2.05, 4.69) is 11.9 Å². The van der Waals surface area contributed by atoms with Gasteiger partial charge in [0.15, 0.2) is 5.60 Å². The first-order chi connectivity index (χ1) is 15.7. The highest BCUT2D eigenvalue weighted by molar-refractivity contribution is 7.85. The second-order valence-corrected chi connectivity index (χ2v) is 10.4. The van der Waals surface area contributed by atoms with Crippen LogP contribution in [0.2, 0.25) is 0 Å². The molecule has 1 aliphatic carbocycles. The van der Waals surface area contributed by atoms with Gasteiger partial charge in [0.2, 0.25) is 0 Å². The molecule has 2 heterocycles. The number of hydrogen-bond acceptors (Lipinski definition) is 9. The van der Waals surface area contributed by atoms with E-state index in [-0.39, 0.29) is 38.6 Å². The average Bonchev–Trinajstić information content (AvgIpc) is 2.77. The van der Waals surface area contributed by atoms with Gasteiger partial charge in [-0.2, -0.15) is 8.42 Å². The number of carbonyl (C=O) groups excluding carboxylic acids is 1. The summed E-state index contributed by atoms with van der Waals surface area (Å²) in [4.78, 5) is 18.9. The molecule has 1 aromatic heterocycles. The molecule has 2 fully saturated rings. The van der Waals surface area contributed by atoms with Crippen molar-refractivity contribution in [2.75, 3.05) is 40.6 Å². The van der Waals surface area contributed by atoms with Crippen LogP contribution in [0.5, 0.6) is 5.75 Å². The monoisotopic (exact) mass is 486 g/mol. The van der Waals surface area contributed by atoms with Crippen molar-refractivity contribution in [2.24, 2.45) is 5.92 Å². The molecular formula is C22H34N2O8S. The predicted molar refractivity (Wildman–Crippen MR) is 119 cm³/mol. The van der Waals surface area contributed by atoms with Gasteiger partial charge < -0.3 is 23.8 Å². The third-order valence-corrected chi connectivity index (χ3v) is 6.74. The molecule has 0 spiro atoms. The number of rotatable bonds is 12. The van der Waals surface area contributed by atoms with Gasteiger partial charge in [-0.25, -0.2) is 0 Å². The number of ether oxygens (including phenoxy) is 4. The summed E-state index contributed by atoms with van der Waals surface area (Å²) < 4.78 is 50.4. The lowest BCUT2D eigenvalue weighted by atomic mass is 9.79. The normalized spacial score (nSPS) is 27.9. The quantitative estimate of drug-likeness (QED) is 0.248. The SMILES string of the molecule is COCO[C@@]1(Cc2cc(O[C@H]3CC[C@H](C)CC3)ccn2)C(=O)N(COC)[C@H]1COS(C)(=O)=O. The number of β-lactam (4-membered cyclic amide) rings is 1. The topological polar surface area (TPSA) is 113 Å². The number of amides is 1. The molecule has 1 saturated carbocycles. The van der Waals surface area contributed by atoms with E-state index in [0.29, 0.717) is 11.4 Å². The fraction of sp³-hybridized carbons (Fsp3) is 0.727. The van der Waals surface area contributed by atoms with Crippen LogP contribution in [0.4, 0.5) is 0 Å². The molecule has 0 N–H and O–H groups in total. The van der Waals surface area contributed by atoms with E-state index in [9.17, 15) is 13.2 Å². The summed E-state index contributed by atoms with van der Waals surface area (Å²) in [5.74, 6) is 1.06. The summed E-state index contributed by atoms with van der Waals surface area (Å²) >= 11 is 0. The van der Waals surface area contributed by atoms with Crippen LogP contribution in [0.25, 0.3) is 0 Å². The van der Waals surface area contributed by atoms with Gasteiger partial charge in [-0.1, -0.05) is 6.92 Å². The fourth-order valence-electron chi connectivity index (χ4n) is 4.41. The smallest absolute Gasteiger partial charge is 0.264 e. The van der Waals surface area contributed by atoms with Gasteiger partial charge in [-0.05, 0) is 37.7 Å². The first-order valence-electron chi connectivity index (χ1n) is 11.1. The highest BCUT2D eigenvalue weighted by atomic mass is 32.2. The number of nitrogens with zero attached hydrogens (tertiary/aromatic N) is 2. The molecule has 33 heavy (non-hydrogen) atoms. The van der Waals surface area contributed by atoms with Gasteiger partial charge in [0.25, 0.3) is 16.0 Å². The van der Waals surface area contributed by atoms with Crippen molar-refractivity contribution in [3.63, 3.8) is 0 Å². The zero-order valence-electron chi connectivity index (χ0n) is 19.7.